The fourth-order valence-electron chi connectivity index (χ4n) is 2.49. The molecule has 0 atom stereocenters. The van der Waals surface area contributed by atoms with E-state index in [4.69, 9.17) is 0 Å². The van der Waals surface area contributed by atoms with Gasteiger partial charge in [0.25, 0.3) is 0 Å². The maximum atomic E-state index is 12.3. The summed E-state index contributed by atoms with van der Waals surface area (Å²) >= 11 is 0. The van der Waals surface area contributed by atoms with E-state index >= 15 is 0 Å². The van der Waals surface area contributed by atoms with E-state index in [0.717, 1.165) is 12.2 Å². The molecule has 2 rings (SSSR count). The number of hydrogen-bond donors (Lipinski definition) is 0. The second-order valence-corrected chi connectivity index (χ2v) is 8.48. The maximum Gasteiger partial charge on any atom is 0.534 e. The van der Waals surface area contributed by atoms with E-state index in [1.54, 1.807) is 0 Å². The number of alkyl halides is 6. The molecule has 0 unspecified atom stereocenters. The molecule has 144 valence electrons. The summed E-state index contributed by atoms with van der Waals surface area (Å²) in [6.07, 6.45) is 1.58. The van der Waals surface area contributed by atoms with Crippen LogP contribution in [0.2, 0.25) is 0 Å². The lowest BCUT2D eigenvalue weighted by Crippen LogP contribution is -2.29. The van der Waals surface area contributed by atoms with Gasteiger partial charge in [-0.15, -0.1) is 0 Å². The Bertz CT molecular complexity index is 739. The summed E-state index contributed by atoms with van der Waals surface area (Å²) in [5.74, 6) is -2.46. The first-order valence-electron chi connectivity index (χ1n) is 6.53. The third kappa shape index (κ3) is 4.40. The van der Waals surface area contributed by atoms with Crippen molar-refractivity contribution in [1.29, 1.82) is 0 Å². The zero-order valence-electron chi connectivity index (χ0n) is 12.0. The van der Waals surface area contributed by atoms with Crippen LogP contribution in [0.3, 0.4) is 0 Å². The van der Waals surface area contributed by atoms with Gasteiger partial charge in [0.15, 0.2) is 0 Å². The van der Waals surface area contributed by atoms with Crippen molar-refractivity contribution in [2.75, 3.05) is 0 Å². The molecule has 2 aliphatic carbocycles. The minimum atomic E-state index is -5.85. The third-order valence-electron chi connectivity index (χ3n) is 3.39. The molecule has 0 aromatic rings. The van der Waals surface area contributed by atoms with E-state index < -0.39 is 54.6 Å². The first-order chi connectivity index (χ1) is 11.1. The Hall–Kier alpha value is -1.44. The highest BCUT2D eigenvalue weighted by Gasteiger charge is 2.50. The fourth-order valence-corrected chi connectivity index (χ4v) is 3.49. The van der Waals surface area contributed by atoms with Crippen molar-refractivity contribution >= 4 is 20.2 Å². The van der Waals surface area contributed by atoms with Crippen LogP contribution >= 0.6 is 0 Å². The minimum absolute atomic E-state index is 0.276. The van der Waals surface area contributed by atoms with Crippen LogP contribution in [0.15, 0.2) is 23.7 Å². The molecule has 0 amide bonds. The molecular formula is C11H10F6O6S2. The number of hydrogen-bond acceptors (Lipinski definition) is 6. The molecule has 25 heavy (non-hydrogen) atoms. The monoisotopic (exact) mass is 416 g/mol. The molecule has 0 aromatic carbocycles. The maximum absolute atomic E-state index is 12.3. The van der Waals surface area contributed by atoms with Crippen LogP contribution in [0.4, 0.5) is 26.3 Å². The molecule has 2 aliphatic rings. The van der Waals surface area contributed by atoms with Crippen LogP contribution in [-0.4, -0.2) is 27.9 Å². The molecule has 6 nitrogen and oxygen atoms in total. The second kappa shape index (κ2) is 6.07. The van der Waals surface area contributed by atoms with Gasteiger partial charge in [-0.1, -0.05) is 0 Å². The van der Waals surface area contributed by atoms with Gasteiger partial charge >= 0.3 is 31.3 Å². The van der Waals surface area contributed by atoms with Gasteiger partial charge in [-0.25, -0.2) is 0 Å². The molecule has 0 fully saturated rings. The first kappa shape index (κ1) is 19.9. The molecule has 0 spiro atoms. The number of allylic oxidation sites excluding steroid dienone is 4. The number of halogens is 6. The van der Waals surface area contributed by atoms with Crippen molar-refractivity contribution in [2.45, 2.75) is 30.3 Å². The highest BCUT2D eigenvalue weighted by molar-refractivity contribution is 7.88. The Kier molecular flexibility index (Phi) is 4.83. The Balaban J connectivity index is 2.19. The summed E-state index contributed by atoms with van der Waals surface area (Å²) in [6, 6.07) is 0. The quantitative estimate of drug-likeness (QED) is 0.398. The smallest absolute Gasteiger partial charge is 0.381 e. The predicted molar refractivity (Wildman–Crippen MR) is 69.1 cm³/mol. The van der Waals surface area contributed by atoms with Crippen LogP contribution in [0, 0.1) is 11.8 Å². The first-order valence-corrected chi connectivity index (χ1v) is 9.35. The van der Waals surface area contributed by atoms with Crippen LogP contribution in [0.1, 0.15) is 19.3 Å². The Labute approximate surface area is 138 Å². The van der Waals surface area contributed by atoms with E-state index in [1.807, 2.05) is 0 Å². The average molecular weight is 416 g/mol. The predicted octanol–water partition coefficient (Wildman–Crippen LogP) is 2.92. The van der Waals surface area contributed by atoms with Crippen molar-refractivity contribution in [3.63, 3.8) is 0 Å². The molecule has 0 aromatic heterocycles. The summed E-state index contributed by atoms with van der Waals surface area (Å²) in [4.78, 5) is 0. The summed E-state index contributed by atoms with van der Waals surface area (Å²) < 4.78 is 126. The fraction of sp³-hybridized carbons (Fsp3) is 0.636. The zero-order chi connectivity index (χ0) is 19.3. The average Bonchev–Trinajstić information content (AvgIpc) is 2.33. The van der Waals surface area contributed by atoms with Crippen LogP contribution in [-0.2, 0) is 28.6 Å². The minimum Gasteiger partial charge on any atom is -0.381 e. The van der Waals surface area contributed by atoms with E-state index in [-0.39, 0.29) is 19.3 Å². The van der Waals surface area contributed by atoms with Crippen molar-refractivity contribution in [1.82, 2.24) is 0 Å². The molecule has 0 aliphatic heterocycles. The Morgan fingerprint density at radius 2 is 1.16 bits per heavy atom. The van der Waals surface area contributed by atoms with E-state index in [9.17, 15) is 43.2 Å². The molecule has 0 radical (unpaired) electrons. The normalized spacial score (nSPS) is 25.0. The zero-order valence-corrected chi connectivity index (χ0v) is 13.6. The summed E-state index contributed by atoms with van der Waals surface area (Å²) in [7, 11) is -11.7. The van der Waals surface area contributed by atoms with Gasteiger partial charge in [0.05, 0.1) is 0 Å². The second-order valence-electron chi connectivity index (χ2n) is 5.41. The summed E-state index contributed by atoms with van der Waals surface area (Å²) in [5.41, 5.74) is -11.2. The van der Waals surface area contributed by atoms with E-state index in [1.165, 1.54) is 0 Å². The van der Waals surface area contributed by atoms with Crippen LogP contribution in [0.25, 0.3) is 0 Å². The number of rotatable bonds is 4. The molecule has 14 heteroatoms. The molecular weight excluding hydrogens is 406 g/mol. The van der Waals surface area contributed by atoms with E-state index in [2.05, 4.69) is 8.37 Å². The molecule has 0 heterocycles. The lowest BCUT2D eigenvalue weighted by atomic mass is 9.79. The Morgan fingerprint density at radius 3 is 1.44 bits per heavy atom. The molecule has 2 bridgehead atoms. The van der Waals surface area contributed by atoms with Gasteiger partial charge < -0.3 is 8.37 Å². The van der Waals surface area contributed by atoms with Crippen molar-refractivity contribution < 1.29 is 51.5 Å². The van der Waals surface area contributed by atoms with Gasteiger partial charge in [0.1, 0.15) is 11.5 Å². The number of fused-ring (bicyclic) bond motifs is 2. The standard InChI is InChI=1S/C11H10F6O6S2/c12-10(13,14)24(18,19)22-8-2-6-1-7(4-8)5-9(3-6)23-25(20,21)11(15,16)17/h2-3,6-7H,1,4-5H2. The van der Waals surface area contributed by atoms with Crippen molar-refractivity contribution in [3.05, 3.63) is 23.7 Å². The van der Waals surface area contributed by atoms with Crippen molar-refractivity contribution in [2.24, 2.45) is 11.8 Å². The van der Waals surface area contributed by atoms with Gasteiger partial charge in [0.2, 0.25) is 0 Å². The molecule has 0 N–H and O–H groups in total. The summed E-state index contributed by atoms with van der Waals surface area (Å²) in [5, 5.41) is 0. The van der Waals surface area contributed by atoms with Gasteiger partial charge in [0, 0.05) is 18.8 Å². The summed E-state index contributed by atoms with van der Waals surface area (Å²) in [6.45, 7) is 0. The van der Waals surface area contributed by atoms with Crippen LogP contribution in [0.5, 0.6) is 0 Å². The Morgan fingerprint density at radius 1 is 0.800 bits per heavy atom. The van der Waals surface area contributed by atoms with Crippen molar-refractivity contribution in [3.8, 4) is 0 Å². The SMILES string of the molecule is O=S(=O)(OC1=CC2C=C(OS(=O)(=O)C(F)(F)F)CC(C1)C2)C(F)(F)F. The van der Waals surface area contributed by atoms with E-state index in [0.29, 0.717) is 0 Å². The topological polar surface area (TPSA) is 86.7 Å². The van der Waals surface area contributed by atoms with Crippen LogP contribution < -0.4 is 0 Å². The molecule has 0 saturated heterocycles. The molecule has 0 saturated carbocycles. The highest BCUT2D eigenvalue weighted by Crippen LogP contribution is 2.41. The van der Waals surface area contributed by atoms with Gasteiger partial charge in [-0.3, -0.25) is 0 Å². The van der Waals surface area contributed by atoms with Gasteiger partial charge in [-0.05, 0) is 24.5 Å². The van der Waals surface area contributed by atoms with Gasteiger partial charge in [-0.2, -0.15) is 43.2 Å². The lowest BCUT2D eigenvalue weighted by Gasteiger charge is -2.31. The highest BCUT2D eigenvalue weighted by atomic mass is 32.2. The largest absolute Gasteiger partial charge is 0.534 e. The lowest BCUT2D eigenvalue weighted by molar-refractivity contribution is -0.0526. The third-order valence-corrected chi connectivity index (χ3v) is 5.39.